The van der Waals surface area contributed by atoms with Crippen molar-refractivity contribution in [3.05, 3.63) is 34.9 Å². The highest BCUT2D eigenvalue weighted by Crippen LogP contribution is 2.18. The Hall–Kier alpha value is -1.13. The first-order valence-corrected chi connectivity index (χ1v) is 2.95. The highest BCUT2D eigenvalue weighted by Gasteiger charge is 2.18. The van der Waals surface area contributed by atoms with Gasteiger partial charge in [0, 0.05) is 5.56 Å². The van der Waals surface area contributed by atoms with E-state index in [2.05, 4.69) is 0 Å². The second-order valence-electron chi connectivity index (χ2n) is 2.09. The molecule has 12 heavy (non-hydrogen) atoms. The summed E-state index contributed by atoms with van der Waals surface area (Å²) in [5.74, 6) is -7.19. The van der Waals surface area contributed by atoms with Crippen molar-refractivity contribution >= 4 is 0 Å². The number of hydrogen-bond donors (Lipinski definition) is 0. The first-order chi connectivity index (χ1) is 5.57. The lowest BCUT2D eigenvalue weighted by Gasteiger charge is -2.00. The maximum atomic E-state index is 12.4. The van der Waals surface area contributed by atoms with E-state index in [1.54, 1.807) is 0 Å². The summed E-state index contributed by atoms with van der Waals surface area (Å²) in [6, 6.07) is 0.285. The average molecular weight is 182 g/mol. The Balaban J connectivity index is 3.39. The van der Waals surface area contributed by atoms with Crippen LogP contribution in [0, 0.1) is 23.3 Å². The van der Waals surface area contributed by atoms with Gasteiger partial charge in [0.25, 0.3) is 0 Å². The molecule has 0 saturated carbocycles. The molecule has 0 aliphatic carbocycles. The van der Waals surface area contributed by atoms with Gasteiger partial charge in [0.15, 0.2) is 23.3 Å². The lowest BCUT2D eigenvalue weighted by atomic mass is 10.2. The van der Waals surface area contributed by atoms with Crippen LogP contribution in [-0.4, -0.2) is 0 Å². The molecule has 1 aromatic rings. The van der Waals surface area contributed by atoms with E-state index >= 15 is 0 Å². The summed E-state index contributed by atoms with van der Waals surface area (Å²) in [4.78, 5) is 0. The maximum absolute atomic E-state index is 12.4. The molecule has 0 radical (unpaired) electrons. The Morgan fingerprint density at radius 2 is 1.50 bits per heavy atom. The molecule has 0 fully saturated rings. The van der Waals surface area contributed by atoms with E-state index in [1.807, 2.05) is 0 Å². The molecule has 1 rings (SSSR count). The van der Waals surface area contributed by atoms with Crippen LogP contribution in [0.5, 0.6) is 0 Å². The zero-order valence-corrected chi connectivity index (χ0v) is 5.67. The van der Waals surface area contributed by atoms with Gasteiger partial charge in [-0.05, 0) is 6.07 Å². The molecule has 0 N–H and O–H groups in total. The van der Waals surface area contributed by atoms with E-state index < -0.39 is 35.5 Å². The van der Waals surface area contributed by atoms with Gasteiger partial charge in [-0.3, -0.25) is 0 Å². The van der Waals surface area contributed by atoms with E-state index in [-0.39, 0.29) is 6.07 Å². The summed E-state index contributed by atoms with van der Waals surface area (Å²) in [6.07, 6.45) is 0. The topological polar surface area (TPSA) is 0 Å². The van der Waals surface area contributed by atoms with Gasteiger partial charge in [-0.1, -0.05) is 0 Å². The highest BCUT2D eigenvalue weighted by atomic mass is 19.2. The van der Waals surface area contributed by atoms with Crippen molar-refractivity contribution in [2.45, 2.75) is 6.67 Å². The van der Waals surface area contributed by atoms with Gasteiger partial charge in [0.05, 0.1) is 0 Å². The highest BCUT2D eigenvalue weighted by molar-refractivity contribution is 5.20. The summed E-state index contributed by atoms with van der Waals surface area (Å²) < 4.78 is 60.9. The molecule has 66 valence electrons. The van der Waals surface area contributed by atoms with Crippen LogP contribution in [-0.2, 0) is 6.67 Å². The second kappa shape index (κ2) is 3.08. The van der Waals surface area contributed by atoms with Gasteiger partial charge in [0.1, 0.15) is 6.67 Å². The van der Waals surface area contributed by atoms with Crippen LogP contribution in [0.25, 0.3) is 0 Å². The fourth-order valence-corrected chi connectivity index (χ4v) is 0.719. The molecule has 0 atom stereocenters. The molecule has 0 amide bonds. The standard InChI is InChI=1S/C7H3F5/c8-2-3-1-4(9)6(11)7(12)5(3)10/h1H,2H2. The molecule has 1 aromatic carbocycles. The lowest BCUT2D eigenvalue weighted by molar-refractivity contribution is 0.387. The first kappa shape index (κ1) is 8.96. The van der Waals surface area contributed by atoms with Crippen LogP contribution in [0.4, 0.5) is 22.0 Å². The van der Waals surface area contributed by atoms with E-state index in [1.165, 1.54) is 0 Å². The minimum absolute atomic E-state index is 0.285. The Labute approximate surface area is 64.6 Å². The quantitative estimate of drug-likeness (QED) is 0.356. The van der Waals surface area contributed by atoms with Crippen molar-refractivity contribution in [3.63, 3.8) is 0 Å². The number of hydrogen-bond acceptors (Lipinski definition) is 0. The van der Waals surface area contributed by atoms with Gasteiger partial charge >= 0.3 is 0 Å². The number of benzene rings is 1. The van der Waals surface area contributed by atoms with Crippen LogP contribution in [0.15, 0.2) is 6.07 Å². The summed E-state index contributed by atoms with van der Waals surface area (Å²) in [5.41, 5.74) is -0.827. The summed E-state index contributed by atoms with van der Waals surface area (Å²) >= 11 is 0. The van der Waals surface area contributed by atoms with E-state index in [9.17, 15) is 22.0 Å². The number of rotatable bonds is 1. The predicted molar refractivity (Wildman–Crippen MR) is 31.1 cm³/mol. The molecule has 0 spiro atoms. The molecule has 0 nitrogen and oxygen atoms in total. The zero-order valence-electron chi connectivity index (χ0n) is 5.67. The van der Waals surface area contributed by atoms with Crippen molar-refractivity contribution in [2.24, 2.45) is 0 Å². The Bertz CT molecular complexity index is 307. The van der Waals surface area contributed by atoms with Crippen molar-refractivity contribution in [3.8, 4) is 0 Å². The molecular weight excluding hydrogens is 179 g/mol. The summed E-state index contributed by atoms with van der Waals surface area (Å²) in [6.45, 7) is -1.38. The van der Waals surface area contributed by atoms with Crippen molar-refractivity contribution in [1.82, 2.24) is 0 Å². The molecular formula is C7H3F5. The number of alkyl halides is 1. The van der Waals surface area contributed by atoms with Crippen LogP contribution in [0.3, 0.4) is 0 Å². The summed E-state index contributed by atoms with van der Waals surface area (Å²) in [5, 5.41) is 0. The Kier molecular flexibility index (Phi) is 2.30. The third-order valence-electron chi connectivity index (χ3n) is 1.32. The normalized spacial score (nSPS) is 10.4. The van der Waals surface area contributed by atoms with Crippen LogP contribution < -0.4 is 0 Å². The average Bonchev–Trinajstić information content (AvgIpc) is 2.08. The molecule has 5 heteroatoms. The fraction of sp³-hybridized carbons (Fsp3) is 0.143. The number of halogens is 5. The van der Waals surface area contributed by atoms with Crippen molar-refractivity contribution in [1.29, 1.82) is 0 Å². The largest absolute Gasteiger partial charge is 0.246 e. The molecule has 0 aliphatic rings. The van der Waals surface area contributed by atoms with Crippen molar-refractivity contribution in [2.75, 3.05) is 0 Å². The molecule has 0 aliphatic heterocycles. The monoisotopic (exact) mass is 182 g/mol. The van der Waals surface area contributed by atoms with Gasteiger partial charge in [-0.2, -0.15) is 0 Å². The molecule has 0 saturated heterocycles. The lowest BCUT2D eigenvalue weighted by Crippen LogP contribution is -1.99. The fourth-order valence-electron chi connectivity index (χ4n) is 0.719. The Morgan fingerprint density at radius 1 is 0.917 bits per heavy atom. The van der Waals surface area contributed by atoms with E-state index in [4.69, 9.17) is 0 Å². The first-order valence-electron chi connectivity index (χ1n) is 2.95. The van der Waals surface area contributed by atoms with Crippen LogP contribution in [0.2, 0.25) is 0 Å². The van der Waals surface area contributed by atoms with Crippen LogP contribution in [0.1, 0.15) is 5.56 Å². The third-order valence-corrected chi connectivity index (χ3v) is 1.32. The molecule has 0 heterocycles. The van der Waals surface area contributed by atoms with Gasteiger partial charge in [-0.25, -0.2) is 22.0 Å². The SMILES string of the molecule is FCc1cc(F)c(F)c(F)c1F. The smallest absolute Gasteiger partial charge is 0.197 e. The molecule has 0 aromatic heterocycles. The van der Waals surface area contributed by atoms with Gasteiger partial charge in [-0.15, -0.1) is 0 Å². The van der Waals surface area contributed by atoms with E-state index in [0.29, 0.717) is 0 Å². The maximum Gasteiger partial charge on any atom is 0.197 e. The Morgan fingerprint density at radius 3 is 2.00 bits per heavy atom. The minimum Gasteiger partial charge on any atom is -0.246 e. The third kappa shape index (κ3) is 1.26. The zero-order chi connectivity index (χ0) is 9.30. The van der Waals surface area contributed by atoms with Gasteiger partial charge in [0.2, 0.25) is 0 Å². The summed E-state index contributed by atoms with van der Waals surface area (Å²) in [7, 11) is 0. The second-order valence-corrected chi connectivity index (χ2v) is 2.09. The van der Waals surface area contributed by atoms with Crippen LogP contribution >= 0.6 is 0 Å². The van der Waals surface area contributed by atoms with E-state index in [0.717, 1.165) is 0 Å². The van der Waals surface area contributed by atoms with Gasteiger partial charge < -0.3 is 0 Å². The predicted octanol–water partition coefficient (Wildman–Crippen LogP) is 2.71. The molecule has 0 unspecified atom stereocenters. The minimum atomic E-state index is -1.98. The van der Waals surface area contributed by atoms with Crippen molar-refractivity contribution < 1.29 is 22.0 Å². The molecule has 0 bridgehead atoms.